The molecule has 3 nitrogen and oxygen atoms in total. The SMILES string of the molecule is CCCCCCCCCCCCCCCCCCNC(=O)[C@@H]1CSC(c2ccc(Br)cc2)N1. The highest BCUT2D eigenvalue weighted by atomic mass is 79.9. The maximum absolute atomic E-state index is 12.4. The van der Waals surface area contributed by atoms with E-state index in [0.717, 1.165) is 23.2 Å². The van der Waals surface area contributed by atoms with E-state index in [1.54, 1.807) is 0 Å². The molecule has 1 aliphatic rings. The lowest BCUT2D eigenvalue weighted by atomic mass is 10.0. The van der Waals surface area contributed by atoms with Crippen molar-refractivity contribution in [3.8, 4) is 0 Å². The van der Waals surface area contributed by atoms with Crippen LogP contribution in [0.2, 0.25) is 0 Å². The predicted molar refractivity (Wildman–Crippen MR) is 149 cm³/mol. The Morgan fingerprint density at radius 2 is 1.33 bits per heavy atom. The maximum atomic E-state index is 12.4. The number of unbranched alkanes of at least 4 members (excludes halogenated alkanes) is 15. The van der Waals surface area contributed by atoms with Crippen molar-refractivity contribution in [2.24, 2.45) is 0 Å². The highest BCUT2D eigenvalue weighted by molar-refractivity contribution is 9.10. The van der Waals surface area contributed by atoms with Crippen LogP contribution in [0.15, 0.2) is 28.7 Å². The van der Waals surface area contributed by atoms with Gasteiger partial charge < -0.3 is 5.32 Å². The van der Waals surface area contributed by atoms with Crippen molar-refractivity contribution in [1.29, 1.82) is 0 Å². The Balaban J connectivity index is 1.34. The summed E-state index contributed by atoms with van der Waals surface area (Å²) < 4.78 is 1.09. The molecule has 1 amide bonds. The van der Waals surface area contributed by atoms with Crippen LogP contribution in [0.25, 0.3) is 0 Å². The molecule has 1 fully saturated rings. The zero-order chi connectivity index (χ0) is 23.6. The number of hydrogen-bond acceptors (Lipinski definition) is 3. The van der Waals surface area contributed by atoms with E-state index in [1.807, 2.05) is 11.8 Å². The number of nitrogens with one attached hydrogen (secondary N) is 2. The quantitative estimate of drug-likeness (QED) is 0.173. The van der Waals surface area contributed by atoms with E-state index in [1.165, 1.54) is 102 Å². The van der Waals surface area contributed by atoms with Crippen molar-refractivity contribution in [1.82, 2.24) is 10.6 Å². The third-order valence-electron chi connectivity index (χ3n) is 6.60. The molecule has 188 valence electrons. The number of benzene rings is 1. The molecule has 0 bridgehead atoms. The Morgan fingerprint density at radius 3 is 1.85 bits per heavy atom. The van der Waals surface area contributed by atoms with Gasteiger partial charge in [-0.3, -0.25) is 10.1 Å². The third-order valence-corrected chi connectivity index (χ3v) is 8.40. The molecule has 0 spiro atoms. The first-order valence-electron chi connectivity index (χ1n) is 13.6. The summed E-state index contributed by atoms with van der Waals surface area (Å²) in [7, 11) is 0. The fourth-order valence-electron chi connectivity index (χ4n) is 4.46. The van der Waals surface area contributed by atoms with Gasteiger partial charge in [-0.2, -0.15) is 0 Å². The van der Waals surface area contributed by atoms with Gasteiger partial charge in [-0.1, -0.05) is 131 Å². The molecule has 0 saturated carbocycles. The summed E-state index contributed by atoms with van der Waals surface area (Å²) in [5, 5.41) is 6.81. The zero-order valence-corrected chi connectivity index (χ0v) is 23.3. The molecule has 1 aliphatic heterocycles. The zero-order valence-electron chi connectivity index (χ0n) is 20.9. The monoisotopic (exact) mass is 538 g/mol. The second kappa shape index (κ2) is 18.8. The summed E-state index contributed by atoms with van der Waals surface area (Å²) in [5.41, 5.74) is 1.23. The van der Waals surface area contributed by atoms with Gasteiger partial charge in [0.05, 0.1) is 11.4 Å². The van der Waals surface area contributed by atoms with Gasteiger partial charge in [0.1, 0.15) is 0 Å². The lowest BCUT2D eigenvalue weighted by Gasteiger charge is -2.14. The largest absolute Gasteiger partial charge is 0.355 e. The first-order valence-corrected chi connectivity index (χ1v) is 15.5. The minimum atomic E-state index is -0.0790. The number of amides is 1. The first kappa shape index (κ1) is 28.7. The van der Waals surface area contributed by atoms with E-state index in [4.69, 9.17) is 0 Å². The van der Waals surface area contributed by atoms with Gasteiger partial charge in [0.2, 0.25) is 5.91 Å². The van der Waals surface area contributed by atoms with Crippen LogP contribution in [0.4, 0.5) is 0 Å². The standard InChI is InChI=1S/C28H47BrN2OS/c1-2-3-4-5-6-7-8-9-10-11-12-13-14-15-16-17-22-30-27(32)26-23-33-28(31-26)24-18-20-25(29)21-19-24/h18-21,26,28,31H,2-17,22-23H2,1H3,(H,30,32)/t26-,28?/m0/s1. The van der Waals surface area contributed by atoms with Gasteiger partial charge in [0.15, 0.2) is 0 Å². The Kier molecular flexibility index (Phi) is 16.3. The number of halogens is 1. The molecule has 2 rings (SSSR count). The van der Waals surface area contributed by atoms with E-state index < -0.39 is 0 Å². The normalized spacial score (nSPS) is 18.0. The molecule has 33 heavy (non-hydrogen) atoms. The van der Waals surface area contributed by atoms with Crippen molar-refractivity contribution in [3.63, 3.8) is 0 Å². The molecule has 0 radical (unpaired) electrons. The summed E-state index contributed by atoms with van der Waals surface area (Å²) in [6.45, 7) is 3.10. The molecule has 5 heteroatoms. The van der Waals surface area contributed by atoms with Crippen LogP contribution in [0, 0.1) is 0 Å². The Labute approximate surface area is 216 Å². The lowest BCUT2D eigenvalue weighted by molar-refractivity contribution is -0.122. The summed E-state index contributed by atoms with van der Waals surface area (Å²) in [6.07, 6.45) is 22.0. The van der Waals surface area contributed by atoms with Gasteiger partial charge in [0.25, 0.3) is 0 Å². The Bertz CT molecular complexity index is 625. The van der Waals surface area contributed by atoms with Crippen molar-refractivity contribution >= 4 is 33.6 Å². The maximum Gasteiger partial charge on any atom is 0.238 e. The average molecular weight is 540 g/mol. The smallest absolute Gasteiger partial charge is 0.238 e. The summed E-state index contributed by atoms with van der Waals surface area (Å²) in [4.78, 5) is 12.4. The van der Waals surface area contributed by atoms with Crippen molar-refractivity contribution in [2.45, 2.75) is 121 Å². The van der Waals surface area contributed by atoms with Gasteiger partial charge in [0, 0.05) is 16.8 Å². The second-order valence-electron chi connectivity index (χ2n) is 9.58. The van der Waals surface area contributed by atoms with Crippen molar-refractivity contribution in [3.05, 3.63) is 34.3 Å². The van der Waals surface area contributed by atoms with Crippen LogP contribution in [-0.4, -0.2) is 24.2 Å². The number of rotatable bonds is 19. The average Bonchev–Trinajstić information content (AvgIpc) is 3.32. The van der Waals surface area contributed by atoms with Gasteiger partial charge in [-0.05, 0) is 24.1 Å². The topological polar surface area (TPSA) is 41.1 Å². The van der Waals surface area contributed by atoms with E-state index in [0.29, 0.717) is 0 Å². The first-order chi connectivity index (χ1) is 16.2. The molecule has 1 heterocycles. The number of carbonyl (C=O) groups excluding carboxylic acids is 1. The van der Waals surface area contributed by atoms with Gasteiger partial charge >= 0.3 is 0 Å². The van der Waals surface area contributed by atoms with Crippen LogP contribution < -0.4 is 10.6 Å². The van der Waals surface area contributed by atoms with Crippen LogP contribution in [-0.2, 0) is 4.79 Å². The Morgan fingerprint density at radius 1 is 0.848 bits per heavy atom. The minimum Gasteiger partial charge on any atom is -0.355 e. The lowest BCUT2D eigenvalue weighted by Crippen LogP contribution is -2.42. The molecule has 1 aromatic carbocycles. The van der Waals surface area contributed by atoms with Gasteiger partial charge in [-0.25, -0.2) is 0 Å². The fraction of sp³-hybridized carbons (Fsp3) is 0.750. The van der Waals surface area contributed by atoms with E-state index in [2.05, 4.69) is 57.8 Å². The minimum absolute atomic E-state index is 0.0790. The van der Waals surface area contributed by atoms with Crippen LogP contribution in [0.3, 0.4) is 0 Å². The van der Waals surface area contributed by atoms with E-state index in [-0.39, 0.29) is 17.3 Å². The predicted octanol–water partition coefficient (Wildman–Crippen LogP) is 8.53. The highest BCUT2D eigenvalue weighted by Gasteiger charge is 2.30. The molecule has 1 aromatic rings. The molecule has 1 saturated heterocycles. The number of thioether (sulfide) groups is 1. The van der Waals surface area contributed by atoms with Crippen molar-refractivity contribution < 1.29 is 4.79 Å². The molecule has 0 aromatic heterocycles. The van der Waals surface area contributed by atoms with E-state index in [9.17, 15) is 4.79 Å². The van der Waals surface area contributed by atoms with Crippen LogP contribution in [0.5, 0.6) is 0 Å². The molecular formula is C28H47BrN2OS. The highest BCUT2D eigenvalue weighted by Crippen LogP contribution is 2.33. The van der Waals surface area contributed by atoms with Crippen LogP contribution >= 0.6 is 27.7 Å². The fourth-order valence-corrected chi connectivity index (χ4v) is 5.97. The van der Waals surface area contributed by atoms with Crippen LogP contribution in [0.1, 0.15) is 121 Å². The van der Waals surface area contributed by atoms with Crippen molar-refractivity contribution in [2.75, 3.05) is 12.3 Å². The van der Waals surface area contributed by atoms with E-state index >= 15 is 0 Å². The molecule has 0 aliphatic carbocycles. The molecule has 2 N–H and O–H groups in total. The number of carbonyl (C=O) groups is 1. The number of hydrogen-bond donors (Lipinski definition) is 2. The van der Waals surface area contributed by atoms with Gasteiger partial charge in [-0.15, -0.1) is 11.8 Å². The molecular weight excluding hydrogens is 492 g/mol. The Hall–Kier alpha value is -0.520. The summed E-state index contributed by atoms with van der Waals surface area (Å²) in [5.74, 6) is 0.994. The summed E-state index contributed by atoms with van der Waals surface area (Å²) >= 11 is 5.29. The third kappa shape index (κ3) is 13.2. The molecule has 2 atom stereocenters. The second-order valence-corrected chi connectivity index (χ2v) is 11.6. The summed E-state index contributed by atoms with van der Waals surface area (Å²) in [6, 6.07) is 8.27. The molecule has 1 unspecified atom stereocenters.